The van der Waals surface area contributed by atoms with Gasteiger partial charge in [0.1, 0.15) is 16.5 Å². The van der Waals surface area contributed by atoms with Crippen LogP contribution >= 0.6 is 11.3 Å². The number of fused-ring (bicyclic) bond motifs is 1. The van der Waals surface area contributed by atoms with E-state index in [1.54, 1.807) is 22.2 Å². The SMILES string of the molecule is Cc1nc(NC[C@@H](O)c2cnn(C)c2)c2c(-c3ccccc3)csc2n1. The Labute approximate surface area is 155 Å². The van der Waals surface area contributed by atoms with Gasteiger partial charge in [0.15, 0.2) is 0 Å². The molecule has 2 N–H and O–H groups in total. The lowest BCUT2D eigenvalue weighted by Crippen LogP contribution is -2.13. The van der Waals surface area contributed by atoms with Crippen LogP contribution in [0.4, 0.5) is 5.82 Å². The lowest BCUT2D eigenvalue weighted by Gasteiger charge is -2.13. The van der Waals surface area contributed by atoms with Crippen LogP contribution in [-0.2, 0) is 7.05 Å². The lowest BCUT2D eigenvalue weighted by molar-refractivity contribution is 0.191. The number of aryl methyl sites for hydroxylation is 2. The van der Waals surface area contributed by atoms with Gasteiger partial charge in [0.2, 0.25) is 0 Å². The molecule has 4 rings (SSSR count). The number of rotatable bonds is 5. The van der Waals surface area contributed by atoms with Crippen LogP contribution < -0.4 is 5.32 Å². The summed E-state index contributed by atoms with van der Waals surface area (Å²) in [6.45, 7) is 2.23. The van der Waals surface area contributed by atoms with Crippen molar-refractivity contribution in [3.63, 3.8) is 0 Å². The van der Waals surface area contributed by atoms with Crippen molar-refractivity contribution in [2.24, 2.45) is 7.05 Å². The fraction of sp³-hybridized carbons (Fsp3) is 0.211. The molecule has 6 nitrogen and oxygen atoms in total. The predicted octanol–water partition coefficient (Wildman–Crippen LogP) is 3.55. The zero-order valence-corrected chi connectivity index (χ0v) is 15.4. The molecule has 1 aromatic carbocycles. The predicted molar refractivity (Wildman–Crippen MR) is 104 cm³/mol. The number of aromatic nitrogens is 4. The number of anilines is 1. The second-order valence-corrected chi connectivity index (χ2v) is 7.02. The smallest absolute Gasteiger partial charge is 0.139 e. The number of aliphatic hydroxyl groups is 1. The molecule has 132 valence electrons. The van der Waals surface area contributed by atoms with E-state index in [4.69, 9.17) is 0 Å². The molecule has 0 unspecified atom stereocenters. The molecule has 0 spiro atoms. The summed E-state index contributed by atoms with van der Waals surface area (Å²) in [4.78, 5) is 10.1. The molecule has 3 aromatic heterocycles. The number of benzene rings is 1. The quantitative estimate of drug-likeness (QED) is 0.566. The fourth-order valence-corrected chi connectivity index (χ4v) is 3.92. The third kappa shape index (κ3) is 3.18. The molecule has 0 aliphatic rings. The molecule has 0 radical (unpaired) electrons. The Morgan fingerprint density at radius 2 is 2.04 bits per heavy atom. The summed E-state index contributed by atoms with van der Waals surface area (Å²) in [7, 11) is 1.83. The summed E-state index contributed by atoms with van der Waals surface area (Å²) in [5, 5.41) is 20.9. The van der Waals surface area contributed by atoms with Crippen LogP contribution in [0.5, 0.6) is 0 Å². The first-order valence-corrected chi connectivity index (χ1v) is 9.21. The van der Waals surface area contributed by atoms with Crippen molar-refractivity contribution in [2.75, 3.05) is 11.9 Å². The van der Waals surface area contributed by atoms with Gasteiger partial charge in [-0.2, -0.15) is 5.10 Å². The summed E-state index contributed by atoms with van der Waals surface area (Å²) in [6, 6.07) is 10.2. The highest BCUT2D eigenvalue weighted by Crippen LogP contribution is 2.37. The second kappa shape index (κ2) is 6.86. The lowest BCUT2D eigenvalue weighted by atomic mass is 10.1. The topological polar surface area (TPSA) is 75.9 Å². The molecular formula is C19H19N5OS. The molecule has 4 aromatic rings. The Kier molecular flexibility index (Phi) is 4.40. The normalized spacial score (nSPS) is 12.4. The van der Waals surface area contributed by atoms with Crippen molar-refractivity contribution in [3.05, 3.63) is 59.5 Å². The third-order valence-corrected chi connectivity index (χ3v) is 5.07. The standard InChI is InChI=1S/C19H19N5OS/c1-12-22-18(20-9-16(25)14-8-21-24(2)10-14)17-15(11-26-19(17)23-12)13-6-4-3-5-7-13/h3-8,10-11,16,25H,9H2,1-2H3,(H,20,22,23)/t16-/m1/s1. The number of nitrogens with one attached hydrogen (secondary N) is 1. The van der Waals surface area contributed by atoms with E-state index in [2.05, 4.69) is 37.9 Å². The summed E-state index contributed by atoms with van der Waals surface area (Å²) < 4.78 is 1.68. The number of aliphatic hydroxyl groups excluding tert-OH is 1. The zero-order valence-electron chi connectivity index (χ0n) is 14.5. The minimum absolute atomic E-state index is 0.349. The van der Waals surface area contributed by atoms with Crippen LogP contribution in [0.2, 0.25) is 0 Å². The largest absolute Gasteiger partial charge is 0.386 e. The molecule has 3 heterocycles. The number of hydrogen-bond acceptors (Lipinski definition) is 6. The van der Waals surface area contributed by atoms with Crippen LogP contribution in [0.1, 0.15) is 17.5 Å². The van der Waals surface area contributed by atoms with Gasteiger partial charge < -0.3 is 10.4 Å². The Hall–Kier alpha value is -2.77. The fourth-order valence-electron chi connectivity index (χ4n) is 2.93. The van der Waals surface area contributed by atoms with E-state index in [1.165, 1.54) is 0 Å². The Morgan fingerprint density at radius 3 is 2.77 bits per heavy atom. The van der Waals surface area contributed by atoms with Gasteiger partial charge >= 0.3 is 0 Å². The molecule has 0 saturated heterocycles. The van der Waals surface area contributed by atoms with E-state index in [0.717, 1.165) is 32.7 Å². The van der Waals surface area contributed by atoms with Crippen molar-refractivity contribution >= 4 is 27.4 Å². The first kappa shape index (κ1) is 16.7. The number of thiophene rings is 1. The first-order chi connectivity index (χ1) is 12.6. The highest BCUT2D eigenvalue weighted by atomic mass is 32.1. The number of nitrogens with zero attached hydrogens (tertiary/aromatic N) is 4. The van der Waals surface area contributed by atoms with E-state index in [0.29, 0.717) is 12.4 Å². The summed E-state index contributed by atoms with van der Waals surface area (Å²) >= 11 is 1.60. The molecular weight excluding hydrogens is 346 g/mol. The Morgan fingerprint density at radius 1 is 1.23 bits per heavy atom. The molecule has 7 heteroatoms. The average molecular weight is 365 g/mol. The molecule has 0 amide bonds. The van der Waals surface area contributed by atoms with Gasteiger partial charge in [-0.15, -0.1) is 11.3 Å². The highest BCUT2D eigenvalue weighted by Gasteiger charge is 2.16. The van der Waals surface area contributed by atoms with Gasteiger partial charge in [0.05, 0.1) is 17.7 Å². The van der Waals surface area contributed by atoms with Crippen LogP contribution in [0.3, 0.4) is 0 Å². The van der Waals surface area contributed by atoms with Gasteiger partial charge in [-0.25, -0.2) is 9.97 Å². The van der Waals surface area contributed by atoms with Crippen molar-refractivity contribution in [2.45, 2.75) is 13.0 Å². The van der Waals surface area contributed by atoms with Gasteiger partial charge in [0.25, 0.3) is 0 Å². The number of hydrogen-bond donors (Lipinski definition) is 2. The molecule has 1 atom stereocenters. The average Bonchev–Trinajstić information content (AvgIpc) is 3.26. The maximum absolute atomic E-state index is 10.4. The van der Waals surface area contributed by atoms with Gasteiger partial charge in [-0.1, -0.05) is 30.3 Å². The Balaban J connectivity index is 1.68. The Bertz CT molecular complexity index is 1040. The van der Waals surface area contributed by atoms with E-state index >= 15 is 0 Å². The maximum Gasteiger partial charge on any atom is 0.139 e. The van der Waals surface area contributed by atoms with Crippen LogP contribution in [0, 0.1) is 6.92 Å². The van der Waals surface area contributed by atoms with Gasteiger partial charge in [0, 0.05) is 36.3 Å². The van der Waals surface area contributed by atoms with E-state index in [9.17, 15) is 5.11 Å². The van der Waals surface area contributed by atoms with Crippen molar-refractivity contribution in [3.8, 4) is 11.1 Å². The van der Waals surface area contributed by atoms with Crippen LogP contribution in [0.25, 0.3) is 21.3 Å². The zero-order chi connectivity index (χ0) is 18.1. The highest BCUT2D eigenvalue weighted by molar-refractivity contribution is 7.17. The molecule has 0 saturated carbocycles. The second-order valence-electron chi connectivity index (χ2n) is 6.16. The third-order valence-electron chi connectivity index (χ3n) is 4.20. The van der Waals surface area contributed by atoms with E-state index < -0.39 is 6.10 Å². The molecule has 0 aliphatic heterocycles. The van der Waals surface area contributed by atoms with E-state index in [1.807, 2.05) is 38.4 Å². The minimum Gasteiger partial charge on any atom is -0.386 e. The van der Waals surface area contributed by atoms with E-state index in [-0.39, 0.29) is 0 Å². The molecule has 0 bridgehead atoms. The van der Waals surface area contributed by atoms with Crippen LogP contribution in [-0.4, -0.2) is 31.4 Å². The molecule has 0 aliphatic carbocycles. The summed E-state index contributed by atoms with van der Waals surface area (Å²) in [5.41, 5.74) is 3.00. The van der Waals surface area contributed by atoms with Crippen LogP contribution in [0.15, 0.2) is 48.1 Å². The first-order valence-electron chi connectivity index (χ1n) is 8.33. The van der Waals surface area contributed by atoms with Crippen molar-refractivity contribution < 1.29 is 5.11 Å². The summed E-state index contributed by atoms with van der Waals surface area (Å²) in [6.07, 6.45) is 2.83. The molecule has 26 heavy (non-hydrogen) atoms. The van der Waals surface area contributed by atoms with Crippen molar-refractivity contribution in [1.29, 1.82) is 0 Å². The summed E-state index contributed by atoms with van der Waals surface area (Å²) in [5.74, 6) is 1.45. The minimum atomic E-state index is -0.659. The monoisotopic (exact) mass is 365 g/mol. The van der Waals surface area contributed by atoms with Crippen molar-refractivity contribution in [1.82, 2.24) is 19.7 Å². The van der Waals surface area contributed by atoms with Gasteiger partial charge in [-0.05, 0) is 12.5 Å². The van der Waals surface area contributed by atoms with Gasteiger partial charge in [-0.3, -0.25) is 4.68 Å². The maximum atomic E-state index is 10.4. The molecule has 0 fully saturated rings.